The third-order valence-electron chi connectivity index (χ3n) is 9.42. The molecule has 1 aromatic rings. The lowest BCUT2D eigenvalue weighted by Crippen LogP contribution is -2.53. The fourth-order valence-electron chi connectivity index (χ4n) is 6.62. The van der Waals surface area contributed by atoms with Gasteiger partial charge < -0.3 is 33.2 Å². The Kier molecular flexibility index (Phi) is 25.0. The van der Waals surface area contributed by atoms with E-state index in [9.17, 15) is 28.8 Å². The number of nitrogens with zero attached hydrogens (tertiary/aromatic N) is 6. The summed E-state index contributed by atoms with van der Waals surface area (Å²) in [5, 5.41) is 4.97. The highest BCUT2D eigenvalue weighted by Gasteiger charge is 2.36. The summed E-state index contributed by atoms with van der Waals surface area (Å²) in [4.78, 5) is 97.0. The maximum Gasteiger partial charge on any atom is 0.437 e. The maximum absolute atomic E-state index is 14.2. The van der Waals surface area contributed by atoms with Crippen LogP contribution < -0.4 is 10.6 Å². The lowest BCUT2D eigenvalue weighted by atomic mass is 10.1. The average molecular weight is 1060 g/mol. The molecular formula is C54H90N8O13. The van der Waals surface area contributed by atoms with Crippen molar-refractivity contribution in [2.45, 2.75) is 216 Å². The Hall–Kier alpha value is -5.99. The van der Waals surface area contributed by atoms with Crippen LogP contribution in [0.1, 0.15) is 187 Å². The summed E-state index contributed by atoms with van der Waals surface area (Å²) < 4.78 is 39.6. The molecule has 1 aliphatic rings. The highest BCUT2D eigenvalue weighted by atomic mass is 16.6. The summed E-state index contributed by atoms with van der Waals surface area (Å²) in [5.74, 6) is 0.135. The number of hydrogen-bond acceptors (Lipinski definition) is 15. The molecule has 21 heteroatoms. The van der Waals surface area contributed by atoms with Crippen LogP contribution in [0.5, 0.6) is 0 Å². The van der Waals surface area contributed by atoms with Crippen LogP contribution in [0.3, 0.4) is 0 Å². The molecular weight excluding hydrogens is 969 g/mol. The van der Waals surface area contributed by atoms with Crippen LogP contribution in [0.4, 0.5) is 28.8 Å². The van der Waals surface area contributed by atoms with E-state index in [1.807, 2.05) is 45.0 Å². The first-order chi connectivity index (χ1) is 34.4. The number of rotatable bonds is 16. The molecule has 424 valence electrons. The van der Waals surface area contributed by atoms with E-state index in [2.05, 4.69) is 25.6 Å². The van der Waals surface area contributed by atoms with Crippen molar-refractivity contribution in [3.8, 4) is 0 Å². The van der Waals surface area contributed by atoms with Crippen LogP contribution in [0.2, 0.25) is 0 Å². The number of amides is 6. The third-order valence-corrected chi connectivity index (χ3v) is 9.42. The van der Waals surface area contributed by atoms with E-state index in [0.717, 1.165) is 41.7 Å². The molecule has 0 saturated carbocycles. The molecule has 6 amide bonds. The van der Waals surface area contributed by atoms with Gasteiger partial charge in [-0.3, -0.25) is 25.5 Å². The maximum atomic E-state index is 14.2. The third kappa shape index (κ3) is 29.0. The van der Waals surface area contributed by atoms with E-state index in [-0.39, 0.29) is 51.2 Å². The van der Waals surface area contributed by atoms with Crippen LogP contribution in [0, 0.1) is 0 Å². The van der Waals surface area contributed by atoms with Crippen molar-refractivity contribution in [3.05, 3.63) is 35.4 Å². The molecule has 1 heterocycles. The molecule has 0 fully saturated rings. The highest BCUT2D eigenvalue weighted by molar-refractivity contribution is 6.07. The molecule has 0 aliphatic carbocycles. The molecule has 0 aromatic heterocycles. The number of unbranched alkanes of at least 4 members (excludes halogenated alkanes) is 5. The van der Waals surface area contributed by atoms with Crippen molar-refractivity contribution in [1.82, 2.24) is 25.3 Å². The SMILES string of the molecule is CC(C)(C)OC(=O)N=C(N(CCCCCCCCN=C(NC(=O)OC(C)(C)C)NC(=O)OC(C)(C)C)C(=O)OC(C)(C)C)N(CCCOCc1ccc(C2=NCCCN2C(=O)OC(C)(C)C)cc1)C(=O)OC(C)(C)C. The molecule has 0 unspecified atom stereocenters. The normalized spacial score (nSPS) is 13.7. The number of ether oxygens (including phenoxy) is 7. The minimum atomic E-state index is -1.03. The number of nitrogens with one attached hydrogen (secondary N) is 2. The molecule has 0 radical (unpaired) electrons. The number of aliphatic imine (C=N–C) groups is 3. The van der Waals surface area contributed by atoms with Gasteiger partial charge in [0.05, 0.1) is 6.61 Å². The Balaban J connectivity index is 2.28. The zero-order valence-electron chi connectivity index (χ0n) is 48.4. The van der Waals surface area contributed by atoms with Crippen LogP contribution in [0.25, 0.3) is 0 Å². The Bertz CT molecular complexity index is 2100. The van der Waals surface area contributed by atoms with E-state index in [4.69, 9.17) is 33.2 Å². The van der Waals surface area contributed by atoms with Crippen LogP contribution >= 0.6 is 0 Å². The van der Waals surface area contributed by atoms with E-state index >= 15 is 0 Å². The second kappa shape index (κ2) is 28.8. The van der Waals surface area contributed by atoms with Gasteiger partial charge in [0, 0.05) is 44.9 Å². The molecule has 1 aliphatic heterocycles. The van der Waals surface area contributed by atoms with E-state index < -0.39 is 70.2 Å². The van der Waals surface area contributed by atoms with Crippen LogP contribution in [-0.2, 0) is 39.8 Å². The van der Waals surface area contributed by atoms with Gasteiger partial charge >= 0.3 is 36.6 Å². The van der Waals surface area contributed by atoms with Gasteiger partial charge in [-0.25, -0.2) is 38.6 Å². The quantitative estimate of drug-likeness (QED) is 0.0679. The number of benzene rings is 1. The lowest BCUT2D eigenvalue weighted by Gasteiger charge is -2.34. The van der Waals surface area contributed by atoms with Crippen LogP contribution in [-0.4, -0.2) is 142 Å². The zero-order valence-corrected chi connectivity index (χ0v) is 48.4. The number of guanidine groups is 2. The Labute approximate surface area is 446 Å². The van der Waals surface area contributed by atoms with E-state index in [0.29, 0.717) is 38.2 Å². The number of alkyl carbamates (subject to hydrolysis) is 2. The van der Waals surface area contributed by atoms with Crippen molar-refractivity contribution < 1.29 is 61.9 Å². The number of hydrogen-bond donors (Lipinski definition) is 2. The predicted molar refractivity (Wildman–Crippen MR) is 288 cm³/mol. The first kappa shape index (κ1) is 65.1. The average Bonchev–Trinajstić information content (AvgIpc) is 3.21. The van der Waals surface area contributed by atoms with Crippen molar-refractivity contribution in [2.75, 3.05) is 39.3 Å². The first-order valence-electron chi connectivity index (χ1n) is 26.0. The number of carbonyl (C=O) groups is 6. The monoisotopic (exact) mass is 1060 g/mol. The minimum absolute atomic E-state index is 0.0185. The first-order valence-corrected chi connectivity index (χ1v) is 26.0. The van der Waals surface area contributed by atoms with Gasteiger partial charge in [-0.2, -0.15) is 0 Å². The number of carbonyl (C=O) groups excluding carboxylic acids is 6. The fourth-order valence-corrected chi connectivity index (χ4v) is 6.62. The largest absolute Gasteiger partial charge is 0.444 e. The number of amidine groups is 1. The van der Waals surface area contributed by atoms with Gasteiger partial charge in [-0.05, 0) is 156 Å². The van der Waals surface area contributed by atoms with Crippen molar-refractivity contribution in [1.29, 1.82) is 0 Å². The summed E-state index contributed by atoms with van der Waals surface area (Å²) in [6.07, 6.45) is 0.239. The van der Waals surface area contributed by atoms with Gasteiger partial charge in [0.15, 0.2) is 0 Å². The van der Waals surface area contributed by atoms with Crippen molar-refractivity contribution in [2.24, 2.45) is 15.0 Å². The van der Waals surface area contributed by atoms with Crippen molar-refractivity contribution in [3.63, 3.8) is 0 Å². The zero-order chi connectivity index (χ0) is 57.0. The fraction of sp³-hybridized carbons (Fsp3) is 0.722. The lowest BCUT2D eigenvalue weighted by molar-refractivity contribution is 0.0256. The molecule has 0 saturated heterocycles. The molecule has 2 N–H and O–H groups in total. The Morgan fingerprint density at radius 2 is 1.03 bits per heavy atom. The Morgan fingerprint density at radius 1 is 0.573 bits per heavy atom. The summed E-state index contributed by atoms with van der Waals surface area (Å²) in [6, 6.07) is 7.55. The van der Waals surface area contributed by atoms with Crippen molar-refractivity contribution >= 4 is 54.3 Å². The van der Waals surface area contributed by atoms with Gasteiger partial charge in [0.1, 0.15) is 39.4 Å². The predicted octanol–water partition coefficient (Wildman–Crippen LogP) is 11.5. The minimum Gasteiger partial charge on any atom is -0.444 e. The molecule has 1 aromatic carbocycles. The van der Waals surface area contributed by atoms with Gasteiger partial charge in [-0.1, -0.05) is 49.9 Å². The second-order valence-electron chi connectivity index (χ2n) is 24.1. The molecule has 2 rings (SSSR count). The topological polar surface area (TPSA) is 238 Å². The van der Waals surface area contributed by atoms with E-state index in [1.54, 1.807) is 109 Å². The summed E-state index contributed by atoms with van der Waals surface area (Å²) in [6.45, 7) is 32.8. The van der Waals surface area contributed by atoms with Gasteiger partial charge in [-0.15, -0.1) is 4.99 Å². The second-order valence-corrected chi connectivity index (χ2v) is 24.1. The highest BCUT2D eigenvalue weighted by Crippen LogP contribution is 2.21. The van der Waals surface area contributed by atoms with Gasteiger partial charge in [0.2, 0.25) is 11.9 Å². The van der Waals surface area contributed by atoms with E-state index in [1.165, 1.54) is 4.90 Å². The van der Waals surface area contributed by atoms with Crippen LogP contribution in [0.15, 0.2) is 39.2 Å². The Morgan fingerprint density at radius 3 is 1.51 bits per heavy atom. The molecule has 21 nitrogen and oxygen atoms in total. The molecule has 0 spiro atoms. The molecule has 75 heavy (non-hydrogen) atoms. The molecule has 0 atom stereocenters. The summed E-state index contributed by atoms with van der Waals surface area (Å²) >= 11 is 0. The summed E-state index contributed by atoms with van der Waals surface area (Å²) in [5.41, 5.74) is -3.45. The van der Waals surface area contributed by atoms with Gasteiger partial charge in [0.25, 0.3) is 0 Å². The summed E-state index contributed by atoms with van der Waals surface area (Å²) in [7, 11) is 0. The molecule has 0 bridgehead atoms. The smallest absolute Gasteiger partial charge is 0.437 e. The standard InChI is InChI=1S/C54H90N8O13/c1-49(2,3)70-43(63)57-41(58-44(64)71-50(4,5)6)56-31-23-21-19-20-22-24-33-61(47(67)74-53(13,14)15)42(59-45(65)72-51(7,8)9)62(48(68)75-54(16,17)18)35-26-36-69-37-38-27-29-39(30-28-38)40-55-32-25-34-60(40)46(66)73-52(10,11)12/h27-30H,19-26,31-37H2,1-18H3,(H2,56,57,58,63,64).